The monoisotopic (exact) mass is 399 g/mol. The number of nitrogens with zero attached hydrogens (tertiary/aromatic N) is 2. The Balaban J connectivity index is 1.75. The summed E-state index contributed by atoms with van der Waals surface area (Å²) >= 11 is 0. The average molecular weight is 399 g/mol. The highest BCUT2D eigenvalue weighted by Gasteiger charge is 2.34. The minimum absolute atomic E-state index is 0.0586. The number of hydrogen-bond acceptors (Lipinski definition) is 4. The van der Waals surface area contributed by atoms with E-state index in [0.717, 1.165) is 17.7 Å². The highest BCUT2D eigenvalue weighted by molar-refractivity contribution is 5.87. The van der Waals surface area contributed by atoms with Gasteiger partial charge in [-0.1, -0.05) is 0 Å². The third kappa shape index (κ3) is 4.23. The molecule has 0 aliphatic carbocycles. The summed E-state index contributed by atoms with van der Waals surface area (Å²) in [6, 6.07) is 7.23. The number of carbonyl (C=O) groups excluding carboxylic acids is 2. The van der Waals surface area contributed by atoms with Crippen LogP contribution in [0.3, 0.4) is 0 Å². The maximum Gasteiger partial charge on any atom is 0.240 e. The smallest absolute Gasteiger partial charge is 0.240 e. The minimum atomic E-state index is -0.650. The topological polar surface area (TPSA) is 86.8 Å². The van der Waals surface area contributed by atoms with E-state index in [2.05, 4.69) is 30.5 Å². The van der Waals surface area contributed by atoms with Crippen molar-refractivity contribution in [1.29, 1.82) is 0 Å². The number of aryl methyl sites for hydroxylation is 2. The third-order valence-corrected chi connectivity index (χ3v) is 5.67. The van der Waals surface area contributed by atoms with Gasteiger partial charge in [-0.25, -0.2) is 0 Å². The fourth-order valence-corrected chi connectivity index (χ4v) is 4.01. The van der Waals surface area contributed by atoms with Crippen LogP contribution in [0.4, 0.5) is 0 Å². The lowest BCUT2D eigenvalue weighted by Crippen LogP contribution is -2.51. The molecule has 156 valence electrons. The van der Waals surface area contributed by atoms with Crippen molar-refractivity contribution in [2.75, 3.05) is 14.2 Å². The molecule has 0 saturated heterocycles. The van der Waals surface area contributed by atoms with Crippen LogP contribution in [0.15, 0.2) is 24.3 Å². The summed E-state index contributed by atoms with van der Waals surface area (Å²) in [5.74, 6) is 0.661. The van der Waals surface area contributed by atoms with Gasteiger partial charge in [0.1, 0.15) is 6.04 Å². The predicted molar refractivity (Wildman–Crippen MR) is 110 cm³/mol. The van der Waals surface area contributed by atoms with Crippen LogP contribution in [0.1, 0.15) is 35.4 Å². The second-order valence-corrected chi connectivity index (χ2v) is 7.49. The quantitative estimate of drug-likeness (QED) is 0.774. The van der Waals surface area contributed by atoms with Crippen molar-refractivity contribution in [3.05, 3.63) is 46.8 Å². The van der Waals surface area contributed by atoms with Gasteiger partial charge in [0.15, 0.2) is 11.5 Å². The van der Waals surface area contributed by atoms with Gasteiger partial charge in [0.05, 0.1) is 14.2 Å². The Morgan fingerprint density at radius 1 is 1.07 bits per heavy atom. The second-order valence-electron chi connectivity index (χ2n) is 7.49. The molecule has 0 spiro atoms. The van der Waals surface area contributed by atoms with Crippen LogP contribution in [0, 0.1) is 13.8 Å². The molecule has 1 atom stereocenters. The fraction of sp³-hybridized carbons (Fsp3) is 0.455. The number of carbonyl (C=O) groups is 2. The molecule has 3 rings (SSSR count). The first-order valence-corrected chi connectivity index (χ1v) is 9.81. The van der Waals surface area contributed by atoms with E-state index in [1.54, 1.807) is 19.1 Å². The van der Waals surface area contributed by atoms with Gasteiger partial charge >= 0.3 is 0 Å². The summed E-state index contributed by atoms with van der Waals surface area (Å²) in [5, 5.41) is 0. The van der Waals surface area contributed by atoms with E-state index >= 15 is 0 Å². The second kappa shape index (κ2) is 8.59. The lowest BCUT2D eigenvalue weighted by Gasteiger charge is -2.35. The number of fused-ring (bicyclic) bond motifs is 1. The van der Waals surface area contributed by atoms with Crippen molar-refractivity contribution in [3.63, 3.8) is 0 Å². The number of primary amides is 1. The number of rotatable bonds is 7. The molecule has 1 aliphatic heterocycles. The molecule has 1 aromatic carbocycles. The zero-order valence-corrected chi connectivity index (χ0v) is 17.5. The molecule has 0 radical (unpaired) electrons. The first-order chi connectivity index (χ1) is 13.8. The number of benzene rings is 1. The Hall–Kier alpha value is -2.96. The van der Waals surface area contributed by atoms with E-state index in [9.17, 15) is 9.59 Å². The highest BCUT2D eigenvalue weighted by atomic mass is 16.5. The molecule has 0 fully saturated rings. The predicted octanol–water partition coefficient (Wildman–Crippen LogP) is 2.34. The maximum atomic E-state index is 13.0. The maximum absolute atomic E-state index is 13.0. The first-order valence-electron chi connectivity index (χ1n) is 9.81. The molecule has 0 saturated carbocycles. The van der Waals surface area contributed by atoms with E-state index in [1.807, 2.05) is 12.1 Å². The van der Waals surface area contributed by atoms with Gasteiger partial charge in [0.2, 0.25) is 11.8 Å². The Morgan fingerprint density at radius 2 is 1.66 bits per heavy atom. The Bertz CT molecular complexity index is 900. The van der Waals surface area contributed by atoms with Crippen molar-refractivity contribution >= 4 is 11.8 Å². The standard InChI is InChI=1S/C22H29N3O4/c1-14-7-8-15(2)24(14)9-5-6-21(26)25-13-17-12-20(29-4)19(28-3)11-16(17)10-18(25)22(23)27/h7-8,11-12,18H,5-6,9-10,13H2,1-4H3,(H2,23,27)/t18-/m0/s1. The van der Waals surface area contributed by atoms with Gasteiger partial charge in [0, 0.05) is 37.3 Å². The zero-order valence-electron chi connectivity index (χ0n) is 17.5. The van der Waals surface area contributed by atoms with Gasteiger partial charge in [-0.15, -0.1) is 0 Å². The van der Waals surface area contributed by atoms with Gasteiger partial charge in [0.25, 0.3) is 0 Å². The molecule has 2 amide bonds. The van der Waals surface area contributed by atoms with Gasteiger partial charge in [-0.2, -0.15) is 0 Å². The number of amides is 2. The van der Waals surface area contributed by atoms with Gasteiger partial charge in [-0.05, 0) is 55.7 Å². The normalized spacial score (nSPS) is 15.7. The summed E-state index contributed by atoms with van der Waals surface area (Å²) < 4.78 is 12.9. The molecule has 2 N–H and O–H groups in total. The van der Waals surface area contributed by atoms with Crippen LogP contribution in [0.5, 0.6) is 11.5 Å². The summed E-state index contributed by atoms with van der Waals surface area (Å²) in [4.78, 5) is 26.6. The fourth-order valence-electron chi connectivity index (χ4n) is 4.01. The largest absolute Gasteiger partial charge is 0.493 e. The van der Waals surface area contributed by atoms with Crippen molar-refractivity contribution < 1.29 is 19.1 Å². The minimum Gasteiger partial charge on any atom is -0.493 e. The summed E-state index contributed by atoms with van der Waals surface area (Å²) in [6.07, 6.45) is 1.45. The lowest BCUT2D eigenvalue weighted by atomic mass is 9.92. The Morgan fingerprint density at radius 3 is 2.21 bits per heavy atom. The molecule has 29 heavy (non-hydrogen) atoms. The molecule has 0 bridgehead atoms. The van der Waals surface area contributed by atoms with E-state index in [0.29, 0.717) is 37.3 Å². The highest BCUT2D eigenvalue weighted by Crippen LogP contribution is 2.35. The first kappa shape index (κ1) is 20.8. The van der Waals surface area contributed by atoms with Crippen LogP contribution in [0.2, 0.25) is 0 Å². The van der Waals surface area contributed by atoms with E-state index in [1.165, 1.54) is 11.4 Å². The molecule has 1 aliphatic rings. The van der Waals surface area contributed by atoms with Gasteiger partial charge < -0.3 is 24.7 Å². The van der Waals surface area contributed by atoms with Crippen LogP contribution in [-0.2, 0) is 29.1 Å². The SMILES string of the molecule is COc1cc2c(cc1OC)CN(C(=O)CCCn1c(C)ccc1C)[C@H](C(N)=O)C2. The number of ether oxygens (including phenoxy) is 2. The van der Waals surface area contributed by atoms with E-state index < -0.39 is 11.9 Å². The molecule has 0 unspecified atom stereocenters. The van der Waals surface area contributed by atoms with Crippen molar-refractivity contribution in [3.8, 4) is 11.5 Å². The molecule has 2 aromatic rings. The number of hydrogen-bond donors (Lipinski definition) is 1. The van der Waals surface area contributed by atoms with Gasteiger partial charge in [-0.3, -0.25) is 9.59 Å². The van der Waals surface area contributed by atoms with Crippen molar-refractivity contribution in [2.45, 2.75) is 52.2 Å². The molecule has 1 aromatic heterocycles. The summed E-state index contributed by atoms with van der Waals surface area (Å²) in [6.45, 7) is 5.22. The number of methoxy groups -OCH3 is 2. The molecule has 7 nitrogen and oxygen atoms in total. The Labute approximate surface area is 171 Å². The van der Waals surface area contributed by atoms with E-state index in [4.69, 9.17) is 15.2 Å². The number of aromatic nitrogens is 1. The lowest BCUT2D eigenvalue weighted by molar-refractivity contribution is -0.140. The number of nitrogens with two attached hydrogens (primary N) is 1. The van der Waals surface area contributed by atoms with Crippen molar-refractivity contribution in [2.24, 2.45) is 5.73 Å². The third-order valence-electron chi connectivity index (χ3n) is 5.67. The molecule has 2 heterocycles. The van der Waals surface area contributed by atoms with Crippen LogP contribution in [0.25, 0.3) is 0 Å². The molecule has 7 heteroatoms. The van der Waals surface area contributed by atoms with Crippen LogP contribution in [-0.4, -0.2) is 41.5 Å². The zero-order chi connectivity index (χ0) is 21.1. The average Bonchev–Trinajstić information content (AvgIpc) is 3.03. The summed E-state index contributed by atoms with van der Waals surface area (Å²) in [5.41, 5.74) is 9.89. The van der Waals surface area contributed by atoms with Crippen LogP contribution >= 0.6 is 0 Å². The Kier molecular flexibility index (Phi) is 6.15. The van der Waals surface area contributed by atoms with Crippen molar-refractivity contribution in [1.82, 2.24) is 9.47 Å². The van der Waals surface area contributed by atoms with Crippen LogP contribution < -0.4 is 15.2 Å². The molecular weight excluding hydrogens is 370 g/mol. The molecular formula is C22H29N3O4. The summed E-state index contributed by atoms with van der Waals surface area (Å²) in [7, 11) is 3.15. The van der Waals surface area contributed by atoms with E-state index in [-0.39, 0.29) is 5.91 Å².